The number of halogens is 2. The summed E-state index contributed by atoms with van der Waals surface area (Å²) in [4.78, 5) is 45.3. The van der Waals surface area contributed by atoms with Crippen molar-refractivity contribution in [2.24, 2.45) is 11.8 Å². The van der Waals surface area contributed by atoms with Crippen molar-refractivity contribution in [2.45, 2.75) is 12.8 Å². The van der Waals surface area contributed by atoms with Crippen LogP contribution in [0.4, 0.5) is 0 Å². The number of rotatable bonds is 1. The van der Waals surface area contributed by atoms with Crippen molar-refractivity contribution >= 4 is 47.2 Å². The van der Waals surface area contributed by atoms with Gasteiger partial charge in [-0.1, -0.05) is 0 Å². The van der Waals surface area contributed by atoms with Crippen LogP contribution in [0.3, 0.4) is 0 Å². The van der Waals surface area contributed by atoms with Crippen LogP contribution in [0.25, 0.3) is 0 Å². The lowest BCUT2D eigenvalue weighted by atomic mass is 9.89. The van der Waals surface area contributed by atoms with E-state index in [2.05, 4.69) is 0 Å². The van der Waals surface area contributed by atoms with Crippen LogP contribution in [0.1, 0.15) is 12.8 Å². The highest BCUT2D eigenvalue weighted by molar-refractivity contribution is 6.35. The lowest BCUT2D eigenvalue weighted by Gasteiger charge is -2.11. The van der Waals surface area contributed by atoms with Crippen molar-refractivity contribution in [1.82, 2.24) is 8.84 Å². The maximum Gasteiger partial charge on any atom is 0.248 e. The molecule has 0 radical (unpaired) electrons. The SMILES string of the molecule is O=C1CC(C2CC(=O)N(Cl)C2=O)C(=O)N1Cl. The van der Waals surface area contributed by atoms with Crippen LogP contribution in [-0.4, -0.2) is 32.5 Å². The molecule has 2 unspecified atom stereocenters. The van der Waals surface area contributed by atoms with Crippen LogP contribution in [0, 0.1) is 11.8 Å². The molecule has 2 atom stereocenters. The van der Waals surface area contributed by atoms with Gasteiger partial charge in [-0.2, -0.15) is 8.84 Å². The van der Waals surface area contributed by atoms with Gasteiger partial charge >= 0.3 is 0 Å². The zero-order chi connectivity index (χ0) is 12.0. The molecule has 0 spiro atoms. The van der Waals surface area contributed by atoms with Crippen molar-refractivity contribution in [1.29, 1.82) is 0 Å². The quantitative estimate of drug-likeness (QED) is 0.495. The van der Waals surface area contributed by atoms with Crippen molar-refractivity contribution in [3.63, 3.8) is 0 Å². The summed E-state index contributed by atoms with van der Waals surface area (Å²) >= 11 is 10.8. The van der Waals surface area contributed by atoms with Crippen molar-refractivity contribution in [3.05, 3.63) is 0 Å². The van der Waals surface area contributed by atoms with Gasteiger partial charge in [-0.15, -0.1) is 0 Å². The summed E-state index contributed by atoms with van der Waals surface area (Å²) in [6.07, 6.45) is -0.312. The highest BCUT2D eigenvalue weighted by atomic mass is 35.5. The van der Waals surface area contributed by atoms with Gasteiger partial charge in [0.1, 0.15) is 0 Å². The standard InChI is InChI=1S/C8H6Cl2N2O4/c9-11-5(13)1-3(7(11)15)4-2-6(14)12(10)8(4)16/h3-4H,1-2H2. The summed E-state index contributed by atoms with van der Waals surface area (Å²) in [7, 11) is 0. The Morgan fingerprint density at radius 1 is 0.812 bits per heavy atom. The normalized spacial score (nSPS) is 30.9. The Labute approximate surface area is 100 Å². The van der Waals surface area contributed by atoms with Gasteiger partial charge in [0.15, 0.2) is 0 Å². The molecule has 2 rings (SSSR count). The molecule has 0 aliphatic carbocycles. The van der Waals surface area contributed by atoms with Crippen LogP contribution in [0.15, 0.2) is 0 Å². The summed E-state index contributed by atoms with van der Waals surface area (Å²) in [5.74, 6) is -4.17. The van der Waals surface area contributed by atoms with Gasteiger partial charge in [0.25, 0.3) is 0 Å². The Hall–Kier alpha value is -1.14. The molecular formula is C8H6Cl2N2O4. The summed E-state index contributed by atoms with van der Waals surface area (Å²) in [5.41, 5.74) is 0. The van der Waals surface area contributed by atoms with Gasteiger partial charge in [0, 0.05) is 36.4 Å². The number of amides is 4. The Bertz CT molecular complexity index is 373. The van der Waals surface area contributed by atoms with E-state index in [1.807, 2.05) is 0 Å². The Balaban J connectivity index is 2.22. The summed E-state index contributed by atoms with van der Waals surface area (Å²) < 4.78 is 0.915. The predicted octanol–water partition coefficient (Wildman–Crippen LogP) is 0.0442. The molecule has 2 aliphatic rings. The minimum Gasteiger partial charge on any atom is -0.273 e. The zero-order valence-electron chi connectivity index (χ0n) is 7.85. The second-order valence-electron chi connectivity index (χ2n) is 3.65. The predicted molar refractivity (Wildman–Crippen MR) is 51.6 cm³/mol. The average Bonchev–Trinajstić information content (AvgIpc) is 2.64. The van der Waals surface area contributed by atoms with E-state index in [4.69, 9.17) is 23.6 Å². The Morgan fingerprint density at radius 3 is 1.31 bits per heavy atom. The van der Waals surface area contributed by atoms with E-state index in [0.717, 1.165) is 0 Å². The largest absolute Gasteiger partial charge is 0.273 e. The molecule has 0 saturated carbocycles. The summed E-state index contributed by atoms with van der Waals surface area (Å²) in [6.45, 7) is 0. The molecule has 4 amide bonds. The number of hydrogen-bond donors (Lipinski definition) is 0. The molecule has 16 heavy (non-hydrogen) atoms. The molecule has 8 heteroatoms. The van der Waals surface area contributed by atoms with E-state index in [1.54, 1.807) is 0 Å². The van der Waals surface area contributed by atoms with Gasteiger partial charge in [0.05, 0.1) is 11.8 Å². The third-order valence-corrected chi connectivity index (χ3v) is 3.44. The van der Waals surface area contributed by atoms with Crippen molar-refractivity contribution < 1.29 is 19.2 Å². The van der Waals surface area contributed by atoms with E-state index < -0.39 is 35.5 Å². The van der Waals surface area contributed by atoms with Crippen LogP contribution in [-0.2, 0) is 19.2 Å². The molecule has 0 aromatic heterocycles. The number of hydrogen-bond acceptors (Lipinski definition) is 4. The molecular weight excluding hydrogens is 259 g/mol. The number of carbonyl (C=O) groups excluding carboxylic acids is 4. The minimum atomic E-state index is -0.870. The lowest BCUT2D eigenvalue weighted by molar-refractivity contribution is -0.138. The molecule has 2 fully saturated rings. The Morgan fingerprint density at radius 2 is 1.12 bits per heavy atom. The highest BCUT2D eigenvalue weighted by Crippen LogP contribution is 2.35. The smallest absolute Gasteiger partial charge is 0.248 e. The zero-order valence-corrected chi connectivity index (χ0v) is 9.36. The number of imide groups is 2. The fraction of sp³-hybridized carbons (Fsp3) is 0.500. The highest BCUT2D eigenvalue weighted by Gasteiger charge is 2.50. The summed E-state index contributed by atoms with van der Waals surface area (Å²) in [6, 6.07) is 0. The van der Waals surface area contributed by atoms with Gasteiger partial charge < -0.3 is 0 Å². The number of carbonyl (C=O) groups is 4. The summed E-state index contributed by atoms with van der Waals surface area (Å²) in [5, 5.41) is 0. The van der Waals surface area contributed by atoms with E-state index in [9.17, 15) is 19.2 Å². The van der Waals surface area contributed by atoms with E-state index in [0.29, 0.717) is 8.84 Å². The van der Waals surface area contributed by atoms with Crippen LogP contribution >= 0.6 is 23.6 Å². The van der Waals surface area contributed by atoms with Crippen LogP contribution in [0.2, 0.25) is 0 Å². The maximum absolute atomic E-state index is 11.5. The second kappa shape index (κ2) is 3.71. The van der Waals surface area contributed by atoms with Crippen molar-refractivity contribution in [2.75, 3.05) is 0 Å². The third kappa shape index (κ3) is 1.49. The Kier molecular flexibility index (Phi) is 2.63. The maximum atomic E-state index is 11.5. The molecule has 0 aromatic rings. The fourth-order valence-corrected chi connectivity index (χ4v) is 2.27. The first-order chi connectivity index (χ1) is 7.43. The average molecular weight is 265 g/mol. The first-order valence-electron chi connectivity index (χ1n) is 4.48. The monoisotopic (exact) mass is 264 g/mol. The van der Waals surface area contributed by atoms with Crippen LogP contribution < -0.4 is 0 Å². The molecule has 2 aliphatic heterocycles. The molecule has 2 heterocycles. The van der Waals surface area contributed by atoms with E-state index in [-0.39, 0.29) is 12.8 Å². The van der Waals surface area contributed by atoms with Gasteiger partial charge in [-0.25, -0.2) is 0 Å². The molecule has 6 nitrogen and oxygen atoms in total. The molecule has 0 aromatic carbocycles. The van der Waals surface area contributed by atoms with Crippen molar-refractivity contribution in [3.8, 4) is 0 Å². The fourth-order valence-electron chi connectivity index (χ4n) is 1.88. The van der Waals surface area contributed by atoms with Gasteiger partial charge in [0.2, 0.25) is 23.6 Å². The topological polar surface area (TPSA) is 74.8 Å². The molecule has 0 N–H and O–H groups in total. The molecule has 2 saturated heterocycles. The number of nitrogens with zero attached hydrogens (tertiary/aromatic N) is 2. The van der Waals surface area contributed by atoms with E-state index >= 15 is 0 Å². The van der Waals surface area contributed by atoms with E-state index in [1.165, 1.54) is 0 Å². The minimum absolute atomic E-state index is 0.156. The van der Waals surface area contributed by atoms with Crippen LogP contribution in [0.5, 0.6) is 0 Å². The first-order valence-corrected chi connectivity index (χ1v) is 5.16. The van der Waals surface area contributed by atoms with Gasteiger partial charge in [-0.05, 0) is 0 Å². The second-order valence-corrected chi connectivity index (χ2v) is 4.32. The third-order valence-electron chi connectivity index (χ3n) is 2.73. The molecule has 0 bridgehead atoms. The molecule has 86 valence electrons. The van der Waals surface area contributed by atoms with Gasteiger partial charge in [-0.3, -0.25) is 19.2 Å². The first kappa shape index (κ1) is 11.3. The lowest BCUT2D eigenvalue weighted by Crippen LogP contribution is -2.29.